The van der Waals surface area contributed by atoms with Gasteiger partial charge in [-0.05, 0) is 38.0 Å². The van der Waals surface area contributed by atoms with Crippen LogP contribution in [-0.2, 0) is 14.6 Å². The number of likely N-dealkylation sites (tertiary alicyclic amines) is 1. The van der Waals surface area contributed by atoms with Gasteiger partial charge in [0.25, 0.3) is 6.43 Å². The summed E-state index contributed by atoms with van der Waals surface area (Å²) >= 11 is 0. The van der Waals surface area contributed by atoms with Gasteiger partial charge in [0.1, 0.15) is 34.0 Å². The first-order chi connectivity index (χ1) is 18.2. The second kappa shape index (κ2) is 10.5. The summed E-state index contributed by atoms with van der Waals surface area (Å²) in [6.07, 6.45) is -0.0432. The zero-order valence-electron chi connectivity index (χ0n) is 21.4. The molecule has 206 valence electrons. The van der Waals surface area contributed by atoms with Crippen molar-refractivity contribution in [1.29, 1.82) is 0 Å². The third kappa shape index (κ3) is 5.23. The molecule has 0 unspecified atom stereocenters. The maximum absolute atomic E-state index is 13.6. The van der Waals surface area contributed by atoms with E-state index in [1.54, 1.807) is 11.0 Å². The van der Waals surface area contributed by atoms with E-state index in [1.165, 1.54) is 19.4 Å². The van der Waals surface area contributed by atoms with E-state index in [0.717, 1.165) is 11.3 Å². The Morgan fingerprint density at radius 2 is 1.95 bits per heavy atom. The first-order valence-corrected chi connectivity index (χ1v) is 14.5. The van der Waals surface area contributed by atoms with E-state index in [0.29, 0.717) is 62.7 Å². The van der Waals surface area contributed by atoms with Gasteiger partial charge in [-0.2, -0.15) is 0 Å². The second-order valence-corrected chi connectivity index (χ2v) is 12.2. The minimum atomic E-state index is -3.03. The number of carbonyl (C=O) groups is 1. The van der Waals surface area contributed by atoms with Crippen molar-refractivity contribution in [3.8, 4) is 17.4 Å². The van der Waals surface area contributed by atoms with Gasteiger partial charge >= 0.3 is 0 Å². The Bertz CT molecular complexity index is 1310. The molecule has 1 aromatic carbocycles. The lowest BCUT2D eigenvalue weighted by Crippen LogP contribution is -2.39. The summed E-state index contributed by atoms with van der Waals surface area (Å²) in [5, 5.41) is 0. The van der Waals surface area contributed by atoms with E-state index >= 15 is 0 Å². The predicted molar refractivity (Wildman–Crippen MR) is 136 cm³/mol. The van der Waals surface area contributed by atoms with Gasteiger partial charge in [-0.1, -0.05) is 0 Å². The van der Waals surface area contributed by atoms with Gasteiger partial charge in [0.05, 0.1) is 54.8 Å². The summed E-state index contributed by atoms with van der Waals surface area (Å²) in [6, 6.07) is 5.01. The number of benzene rings is 1. The number of hydrogen-bond acceptors (Lipinski definition) is 8. The van der Waals surface area contributed by atoms with Crippen LogP contribution in [0.1, 0.15) is 36.8 Å². The van der Waals surface area contributed by atoms with Gasteiger partial charge < -0.3 is 24.0 Å². The van der Waals surface area contributed by atoms with Crippen LogP contribution in [-0.4, -0.2) is 75.2 Å². The zero-order chi connectivity index (χ0) is 27.0. The zero-order valence-corrected chi connectivity index (χ0v) is 22.2. The minimum Gasteiger partial charge on any atom is -0.490 e. The molecule has 5 rings (SSSR count). The highest BCUT2D eigenvalue weighted by molar-refractivity contribution is 7.91. The maximum Gasteiger partial charge on any atom is 0.269 e. The smallest absolute Gasteiger partial charge is 0.269 e. The number of carbonyl (C=O) groups excluding carboxylic acids is 1. The minimum absolute atomic E-state index is 0.00502. The van der Waals surface area contributed by atoms with E-state index in [4.69, 9.17) is 14.2 Å². The molecule has 4 heterocycles. The lowest BCUT2D eigenvalue weighted by molar-refractivity contribution is -0.135. The monoisotopic (exact) mass is 551 g/mol. The van der Waals surface area contributed by atoms with Crippen LogP contribution in [0.4, 0.5) is 20.2 Å². The number of ether oxygens (including phenoxy) is 3. The van der Waals surface area contributed by atoms with Gasteiger partial charge in [-0.25, -0.2) is 22.2 Å². The van der Waals surface area contributed by atoms with Crippen LogP contribution in [0.3, 0.4) is 0 Å². The number of pyridine rings is 1. The highest BCUT2D eigenvalue weighted by Crippen LogP contribution is 2.44. The highest BCUT2D eigenvalue weighted by Gasteiger charge is 2.35. The fraction of sp³-hybridized carbons (Fsp3) is 0.538. The van der Waals surface area contributed by atoms with Crippen LogP contribution in [0.2, 0.25) is 0 Å². The molecule has 0 bridgehead atoms. The average molecular weight is 552 g/mol. The van der Waals surface area contributed by atoms with Crippen molar-refractivity contribution < 1.29 is 36.2 Å². The molecule has 38 heavy (non-hydrogen) atoms. The van der Waals surface area contributed by atoms with Crippen molar-refractivity contribution in [2.45, 2.75) is 38.7 Å². The van der Waals surface area contributed by atoms with Gasteiger partial charge in [-0.15, -0.1) is 0 Å². The molecular formula is C26H31F2N3O6S. The summed E-state index contributed by atoms with van der Waals surface area (Å²) in [4.78, 5) is 20.7. The van der Waals surface area contributed by atoms with E-state index < -0.39 is 16.3 Å². The number of alkyl halides is 2. The lowest BCUT2D eigenvalue weighted by Gasteiger charge is -2.33. The lowest BCUT2D eigenvalue weighted by atomic mass is 10.0. The molecule has 2 aromatic rings. The molecule has 0 saturated carbocycles. The van der Waals surface area contributed by atoms with E-state index in [9.17, 15) is 22.0 Å². The van der Waals surface area contributed by atoms with E-state index in [-0.39, 0.29) is 40.9 Å². The Morgan fingerprint density at radius 3 is 2.66 bits per heavy atom. The molecule has 0 radical (unpaired) electrons. The SMILES string of the molecule is COc1ncc(N2CCOc3ccc(O[C@H]4CCN(C(=O)C5CCS(=O)(=O)CC5)C4)c(C)c32)cc1C(F)F. The van der Waals surface area contributed by atoms with Crippen molar-refractivity contribution in [2.24, 2.45) is 5.92 Å². The predicted octanol–water partition coefficient (Wildman–Crippen LogP) is 3.67. The van der Waals surface area contributed by atoms with Gasteiger partial charge in [0.2, 0.25) is 11.8 Å². The van der Waals surface area contributed by atoms with Crippen molar-refractivity contribution >= 4 is 27.1 Å². The standard InChI is InChI=1S/C26H31F2N3O6S/c1-16-21(37-19-5-8-30(15-19)26(32)17-6-11-38(33,34)12-7-17)3-4-22-23(16)31(9-10-36-22)18-13-20(24(27)28)25(35-2)29-14-18/h3-4,13-14,17,19,24H,5-12,15H2,1-2H3/t19-/m0/s1. The molecule has 0 N–H and O–H groups in total. The van der Waals surface area contributed by atoms with Crippen LogP contribution in [0, 0.1) is 12.8 Å². The van der Waals surface area contributed by atoms with Crippen LogP contribution in [0.25, 0.3) is 0 Å². The number of amides is 1. The molecule has 2 fully saturated rings. The molecule has 2 saturated heterocycles. The first-order valence-electron chi connectivity index (χ1n) is 12.7. The topological polar surface area (TPSA) is 98.3 Å². The maximum atomic E-state index is 13.6. The second-order valence-electron chi connectivity index (χ2n) is 9.87. The van der Waals surface area contributed by atoms with Crippen LogP contribution in [0.5, 0.6) is 17.4 Å². The number of anilines is 2. The Hall–Kier alpha value is -3.15. The number of methoxy groups -OCH3 is 1. The summed E-state index contributed by atoms with van der Waals surface area (Å²) in [7, 11) is -1.72. The molecule has 3 aliphatic heterocycles. The molecule has 1 amide bonds. The molecule has 9 nitrogen and oxygen atoms in total. The molecule has 0 spiro atoms. The summed E-state index contributed by atoms with van der Waals surface area (Å²) in [6.45, 7) is 3.70. The Kier molecular flexibility index (Phi) is 7.34. The largest absolute Gasteiger partial charge is 0.490 e. The summed E-state index contributed by atoms with van der Waals surface area (Å²) in [5.41, 5.74) is 1.72. The Morgan fingerprint density at radius 1 is 1.18 bits per heavy atom. The molecule has 3 aliphatic rings. The number of fused-ring (bicyclic) bond motifs is 1. The highest BCUT2D eigenvalue weighted by atomic mass is 32.2. The van der Waals surface area contributed by atoms with Gasteiger partial charge in [0, 0.05) is 24.4 Å². The number of hydrogen-bond donors (Lipinski definition) is 0. The van der Waals surface area contributed by atoms with Gasteiger partial charge in [-0.3, -0.25) is 4.79 Å². The fourth-order valence-corrected chi connectivity index (χ4v) is 6.88. The number of sulfone groups is 1. The van der Waals surface area contributed by atoms with Crippen LogP contribution < -0.4 is 19.1 Å². The van der Waals surface area contributed by atoms with Crippen molar-refractivity contribution in [2.75, 3.05) is 49.8 Å². The Balaban J connectivity index is 1.32. The molecular weight excluding hydrogens is 520 g/mol. The van der Waals surface area contributed by atoms with E-state index in [1.807, 2.05) is 17.9 Å². The fourth-order valence-electron chi connectivity index (χ4n) is 5.38. The van der Waals surface area contributed by atoms with Gasteiger partial charge in [0.15, 0.2) is 0 Å². The molecule has 1 aromatic heterocycles. The van der Waals surface area contributed by atoms with Crippen molar-refractivity contribution in [1.82, 2.24) is 9.88 Å². The van der Waals surface area contributed by atoms with Crippen LogP contribution in [0.15, 0.2) is 24.4 Å². The number of aromatic nitrogens is 1. The molecule has 1 atom stereocenters. The van der Waals surface area contributed by atoms with Crippen LogP contribution >= 0.6 is 0 Å². The third-order valence-electron chi connectivity index (χ3n) is 7.45. The molecule has 12 heteroatoms. The first kappa shape index (κ1) is 26.5. The summed E-state index contributed by atoms with van der Waals surface area (Å²) in [5.74, 6) is 0.989. The van der Waals surface area contributed by atoms with Crippen molar-refractivity contribution in [3.63, 3.8) is 0 Å². The quantitative estimate of drug-likeness (QED) is 0.537. The van der Waals surface area contributed by atoms with Crippen molar-refractivity contribution in [3.05, 3.63) is 35.5 Å². The molecule has 0 aliphatic carbocycles. The number of halogens is 2. The normalized spacial score (nSPS) is 21.2. The Labute approximate surface area is 220 Å². The number of nitrogens with zero attached hydrogens (tertiary/aromatic N) is 3. The average Bonchev–Trinajstić information content (AvgIpc) is 3.38. The van der Waals surface area contributed by atoms with E-state index in [2.05, 4.69) is 4.98 Å². The summed E-state index contributed by atoms with van der Waals surface area (Å²) < 4.78 is 67.9. The number of rotatable bonds is 6. The third-order valence-corrected chi connectivity index (χ3v) is 9.16.